The molecule has 9 heteroatoms. The van der Waals surface area contributed by atoms with Crippen molar-refractivity contribution < 1.29 is 27.9 Å². The van der Waals surface area contributed by atoms with Crippen LogP contribution in [-0.4, -0.2) is 55.9 Å². The van der Waals surface area contributed by atoms with Gasteiger partial charge >= 0.3 is 5.97 Å². The first-order chi connectivity index (χ1) is 14.7. The molecule has 1 unspecified atom stereocenters. The van der Waals surface area contributed by atoms with Gasteiger partial charge in [-0.05, 0) is 51.4 Å². The first kappa shape index (κ1) is 25.8. The van der Waals surface area contributed by atoms with E-state index in [4.69, 9.17) is 9.84 Å². The summed E-state index contributed by atoms with van der Waals surface area (Å²) < 4.78 is 32.8. The highest BCUT2D eigenvalue weighted by Gasteiger charge is 2.48. The van der Waals surface area contributed by atoms with Crippen LogP contribution in [0.1, 0.15) is 71.6 Å². The van der Waals surface area contributed by atoms with Crippen LogP contribution in [0, 0.1) is 11.8 Å². The summed E-state index contributed by atoms with van der Waals surface area (Å²) in [7, 11) is -3.46. The molecule has 0 aromatic carbocycles. The lowest BCUT2D eigenvalue weighted by atomic mass is 9.77. The van der Waals surface area contributed by atoms with E-state index in [1.54, 1.807) is 6.92 Å². The molecule has 1 amide bonds. The summed E-state index contributed by atoms with van der Waals surface area (Å²) in [6.45, 7) is 4.05. The Balaban J connectivity index is 1.78. The molecule has 5 atom stereocenters. The molecule has 31 heavy (non-hydrogen) atoms. The summed E-state index contributed by atoms with van der Waals surface area (Å²) in [5.41, 5.74) is 0. The van der Waals surface area contributed by atoms with Crippen LogP contribution in [0.5, 0.6) is 0 Å². The molecular formula is C22H38N2O6S. The van der Waals surface area contributed by atoms with Gasteiger partial charge in [-0.1, -0.05) is 31.9 Å². The van der Waals surface area contributed by atoms with Crippen molar-refractivity contribution in [1.82, 2.24) is 10.0 Å². The molecule has 0 spiro atoms. The van der Waals surface area contributed by atoms with Crippen LogP contribution >= 0.6 is 0 Å². The third-order valence-corrected chi connectivity index (χ3v) is 7.74. The van der Waals surface area contributed by atoms with Gasteiger partial charge in [0.15, 0.2) is 0 Å². The highest BCUT2D eigenvalue weighted by molar-refractivity contribution is 7.89. The molecule has 2 heterocycles. The van der Waals surface area contributed by atoms with E-state index in [9.17, 15) is 18.0 Å². The van der Waals surface area contributed by atoms with Crippen LogP contribution in [-0.2, 0) is 24.3 Å². The van der Waals surface area contributed by atoms with E-state index < -0.39 is 22.0 Å². The Bertz CT molecular complexity index is 724. The molecule has 8 nitrogen and oxygen atoms in total. The van der Waals surface area contributed by atoms with Crippen molar-refractivity contribution in [3.8, 4) is 0 Å². The lowest BCUT2D eigenvalue weighted by Gasteiger charge is -2.28. The topological polar surface area (TPSA) is 122 Å². The summed E-state index contributed by atoms with van der Waals surface area (Å²) in [4.78, 5) is 23.0. The van der Waals surface area contributed by atoms with Crippen molar-refractivity contribution in [3.05, 3.63) is 12.2 Å². The van der Waals surface area contributed by atoms with Gasteiger partial charge in [-0.2, -0.15) is 0 Å². The van der Waals surface area contributed by atoms with E-state index in [1.165, 1.54) is 0 Å². The number of allylic oxidation sites excluding steroid dienone is 2. The number of hydrogen-bond donors (Lipinski definition) is 3. The van der Waals surface area contributed by atoms with Crippen LogP contribution in [0.3, 0.4) is 0 Å². The number of carbonyl (C=O) groups is 2. The van der Waals surface area contributed by atoms with Crippen LogP contribution < -0.4 is 10.0 Å². The van der Waals surface area contributed by atoms with Crippen molar-refractivity contribution in [2.75, 3.05) is 12.3 Å². The van der Waals surface area contributed by atoms with E-state index in [2.05, 4.69) is 16.1 Å². The molecule has 2 aliphatic rings. The number of sulfonamides is 1. The van der Waals surface area contributed by atoms with Crippen molar-refractivity contribution in [2.24, 2.45) is 11.8 Å². The van der Waals surface area contributed by atoms with Crippen molar-refractivity contribution in [1.29, 1.82) is 0 Å². The number of unbranched alkanes of at least 4 members (excludes halogenated alkanes) is 3. The number of fused-ring (bicyclic) bond motifs is 2. The van der Waals surface area contributed by atoms with Crippen molar-refractivity contribution in [2.45, 2.75) is 89.9 Å². The van der Waals surface area contributed by atoms with Gasteiger partial charge in [0.1, 0.15) is 0 Å². The van der Waals surface area contributed by atoms with Crippen LogP contribution in [0.4, 0.5) is 0 Å². The largest absolute Gasteiger partial charge is 0.481 e. The number of ether oxygens (including phenoxy) is 1. The molecule has 0 radical (unpaired) electrons. The number of rotatable bonds is 15. The second-order valence-corrected chi connectivity index (χ2v) is 10.6. The van der Waals surface area contributed by atoms with Crippen molar-refractivity contribution in [3.63, 3.8) is 0 Å². The molecule has 0 saturated carbocycles. The second kappa shape index (κ2) is 12.6. The van der Waals surface area contributed by atoms with Crippen molar-refractivity contribution >= 4 is 21.9 Å². The second-order valence-electron chi connectivity index (χ2n) is 8.72. The molecule has 2 saturated heterocycles. The average molecular weight is 459 g/mol. The van der Waals surface area contributed by atoms with E-state index >= 15 is 0 Å². The van der Waals surface area contributed by atoms with Gasteiger partial charge in [-0.15, -0.1) is 0 Å². The summed E-state index contributed by atoms with van der Waals surface area (Å²) in [5.74, 6) is -0.525. The van der Waals surface area contributed by atoms with Gasteiger partial charge in [-0.3, -0.25) is 9.59 Å². The fourth-order valence-electron chi connectivity index (χ4n) is 4.52. The van der Waals surface area contributed by atoms with Gasteiger partial charge < -0.3 is 15.2 Å². The first-order valence-electron chi connectivity index (χ1n) is 11.5. The molecule has 2 fully saturated rings. The molecule has 0 aromatic rings. The maximum atomic E-state index is 12.5. The molecule has 2 rings (SSSR count). The van der Waals surface area contributed by atoms with Gasteiger partial charge in [0.25, 0.3) is 0 Å². The minimum absolute atomic E-state index is 0.0412. The predicted octanol–water partition coefficient (Wildman–Crippen LogP) is 2.60. The number of amides is 1. The minimum Gasteiger partial charge on any atom is -0.481 e. The zero-order chi connectivity index (χ0) is 22.9. The van der Waals surface area contributed by atoms with Gasteiger partial charge in [0, 0.05) is 18.9 Å². The molecule has 0 aliphatic carbocycles. The third kappa shape index (κ3) is 8.54. The predicted molar refractivity (Wildman–Crippen MR) is 119 cm³/mol. The Morgan fingerprint density at radius 2 is 1.84 bits per heavy atom. The number of aliphatic carboxylic acids is 1. The highest BCUT2D eigenvalue weighted by atomic mass is 32.2. The maximum Gasteiger partial charge on any atom is 0.303 e. The lowest BCUT2D eigenvalue weighted by Crippen LogP contribution is -2.48. The van der Waals surface area contributed by atoms with E-state index in [0.717, 1.165) is 38.5 Å². The average Bonchev–Trinajstić information content (AvgIpc) is 3.30. The maximum absolute atomic E-state index is 12.5. The van der Waals surface area contributed by atoms with Gasteiger partial charge in [0.05, 0.1) is 24.0 Å². The molecule has 178 valence electrons. The van der Waals surface area contributed by atoms with E-state index in [0.29, 0.717) is 25.3 Å². The molecular weight excluding hydrogens is 420 g/mol. The Morgan fingerprint density at radius 3 is 2.52 bits per heavy atom. The van der Waals surface area contributed by atoms with Gasteiger partial charge in [0.2, 0.25) is 15.9 Å². The molecule has 0 aromatic heterocycles. The quantitative estimate of drug-likeness (QED) is 0.256. The summed E-state index contributed by atoms with van der Waals surface area (Å²) >= 11 is 0. The van der Waals surface area contributed by atoms with Crippen LogP contribution in [0.15, 0.2) is 12.2 Å². The first-order valence-corrected chi connectivity index (χ1v) is 13.2. The third-order valence-electron chi connectivity index (χ3n) is 6.20. The summed E-state index contributed by atoms with van der Waals surface area (Å²) in [5, 5.41) is 11.6. The lowest BCUT2D eigenvalue weighted by molar-refractivity contribution is -0.137. The highest BCUT2D eigenvalue weighted by Crippen LogP contribution is 2.44. The van der Waals surface area contributed by atoms with Crippen LogP contribution in [0.2, 0.25) is 0 Å². The zero-order valence-electron chi connectivity index (χ0n) is 18.7. The standard InChI is InChI=1S/C22H38N2O6S/c1-3-4-9-14-31(28,29)24-16(2)22(27)23-15-18-17(19-12-13-20(18)30-19)10-7-5-6-8-11-21(25)26/h5,7,16-20,24H,3-4,6,8-15H2,1-2H3,(H,23,27)(H,25,26)/t16?,17-,18+,19-,20+/m1/s1. The van der Waals surface area contributed by atoms with E-state index in [-0.39, 0.29) is 36.2 Å². The monoisotopic (exact) mass is 458 g/mol. The number of carboxylic acids is 1. The fraction of sp³-hybridized carbons (Fsp3) is 0.818. The molecule has 2 bridgehead atoms. The Morgan fingerprint density at radius 1 is 1.13 bits per heavy atom. The van der Waals surface area contributed by atoms with E-state index in [1.807, 2.05) is 13.0 Å². The van der Waals surface area contributed by atoms with Gasteiger partial charge in [-0.25, -0.2) is 13.1 Å². The number of carboxylic acid groups (broad SMARTS) is 1. The number of carbonyl (C=O) groups excluding carboxylic acids is 1. The smallest absolute Gasteiger partial charge is 0.303 e. The summed E-state index contributed by atoms with van der Waals surface area (Å²) in [6, 6.07) is -0.807. The molecule has 3 N–H and O–H groups in total. The number of nitrogens with one attached hydrogen (secondary N) is 2. The Hall–Kier alpha value is -1.45. The Kier molecular flexibility index (Phi) is 10.4. The normalized spacial score (nSPS) is 26.4. The minimum atomic E-state index is -3.46. The SMILES string of the molecule is CCCCCS(=O)(=O)NC(C)C(=O)NC[C@H]1[C@@H](CC=CCCCC(=O)O)[C@H]2CC[C@@H]1O2. The summed E-state index contributed by atoms with van der Waals surface area (Å²) in [6.07, 6.45) is 11.2. The number of hydrogen-bond acceptors (Lipinski definition) is 5. The van der Waals surface area contributed by atoms with Crippen LogP contribution in [0.25, 0.3) is 0 Å². The Labute approximate surface area is 186 Å². The molecule has 2 aliphatic heterocycles. The zero-order valence-corrected chi connectivity index (χ0v) is 19.5. The fourth-order valence-corrected chi connectivity index (χ4v) is 5.87.